The van der Waals surface area contributed by atoms with Crippen molar-refractivity contribution in [2.45, 2.75) is 20.0 Å². The van der Waals surface area contributed by atoms with E-state index in [1.54, 1.807) is 0 Å². The SMILES string of the molecule is CCOCCCNC(=O)c1ccc(COc2c(F)c(F)cc(F)c2F)o1. The fourth-order valence-electron chi connectivity index (χ4n) is 2.01. The van der Waals surface area contributed by atoms with Gasteiger partial charge in [0.05, 0.1) is 0 Å². The molecule has 0 saturated carbocycles. The van der Waals surface area contributed by atoms with Crippen molar-refractivity contribution in [3.05, 3.63) is 53.0 Å². The van der Waals surface area contributed by atoms with Crippen molar-refractivity contribution < 1.29 is 36.2 Å². The Kier molecular flexibility index (Phi) is 7.02. The molecule has 2 aromatic rings. The molecule has 5 nitrogen and oxygen atoms in total. The lowest BCUT2D eigenvalue weighted by Gasteiger charge is -2.08. The number of benzene rings is 1. The van der Waals surface area contributed by atoms with Crippen molar-refractivity contribution in [2.24, 2.45) is 0 Å². The number of halogens is 4. The fraction of sp³-hybridized carbons (Fsp3) is 0.353. The Hall–Kier alpha value is -2.55. The summed E-state index contributed by atoms with van der Waals surface area (Å²) in [6.45, 7) is 2.82. The molecule has 0 saturated heterocycles. The van der Waals surface area contributed by atoms with Crippen LogP contribution in [0.15, 0.2) is 22.6 Å². The first kappa shape index (κ1) is 19.8. The van der Waals surface area contributed by atoms with E-state index in [-0.39, 0.29) is 17.6 Å². The Morgan fingerprint density at radius 1 is 1.15 bits per heavy atom. The van der Waals surface area contributed by atoms with Crippen LogP contribution in [0.2, 0.25) is 0 Å². The molecule has 1 aromatic heterocycles. The molecule has 1 N–H and O–H groups in total. The van der Waals surface area contributed by atoms with E-state index in [0.717, 1.165) is 0 Å². The predicted molar refractivity (Wildman–Crippen MR) is 82.8 cm³/mol. The molecule has 26 heavy (non-hydrogen) atoms. The second-order valence-corrected chi connectivity index (χ2v) is 5.16. The van der Waals surface area contributed by atoms with E-state index in [0.29, 0.717) is 26.2 Å². The maximum absolute atomic E-state index is 13.5. The topological polar surface area (TPSA) is 60.7 Å². The summed E-state index contributed by atoms with van der Waals surface area (Å²) in [4.78, 5) is 11.9. The maximum Gasteiger partial charge on any atom is 0.286 e. The summed E-state index contributed by atoms with van der Waals surface area (Å²) in [5, 5.41) is 2.61. The van der Waals surface area contributed by atoms with Gasteiger partial charge in [-0.15, -0.1) is 0 Å². The molecule has 1 heterocycles. The van der Waals surface area contributed by atoms with Gasteiger partial charge in [0.1, 0.15) is 12.4 Å². The van der Waals surface area contributed by atoms with E-state index in [2.05, 4.69) is 5.32 Å². The van der Waals surface area contributed by atoms with Gasteiger partial charge in [0.2, 0.25) is 11.6 Å². The Morgan fingerprint density at radius 2 is 1.85 bits per heavy atom. The van der Waals surface area contributed by atoms with Crippen LogP contribution in [0.4, 0.5) is 17.6 Å². The van der Waals surface area contributed by atoms with Gasteiger partial charge in [0.25, 0.3) is 5.91 Å². The summed E-state index contributed by atoms with van der Waals surface area (Å²) < 4.78 is 68.3. The van der Waals surface area contributed by atoms with Crippen LogP contribution in [0, 0.1) is 23.3 Å². The van der Waals surface area contributed by atoms with Crippen LogP contribution in [-0.4, -0.2) is 25.7 Å². The van der Waals surface area contributed by atoms with Gasteiger partial charge in [-0.3, -0.25) is 4.79 Å². The van der Waals surface area contributed by atoms with Crippen LogP contribution in [0.1, 0.15) is 29.7 Å². The third-order valence-electron chi connectivity index (χ3n) is 3.27. The van der Waals surface area contributed by atoms with Crippen LogP contribution < -0.4 is 10.1 Å². The van der Waals surface area contributed by atoms with Gasteiger partial charge in [-0.2, -0.15) is 8.78 Å². The van der Waals surface area contributed by atoms with Crippen molar-refractivity contribution in [3.63, 3.8) is 0 Å². The monoisotopic (exact) mass is 375 g/mol. The number of hydrogen-bond donors (Lipinski definition) is 1. The molecule has 0 bridgehead atoms. The third-order valence-corrected chi connectivity index (χ3v) is 3.27. The quantitative estimate of drug-likeness (QED) is 0.414. The van der Waals surface area contributed by atoms with E-state index in [4.69, 9.17) is 13.9 Å². The Morgan fingerprint density at radius 3 is 2.50 bits per heavy atom. The van der Waals surface area contributed by atoms with Crippen LogP contribution in [0.25, 0.3) is 0 Å². The predicted octanol–water partition coefficient (Wildman–Crippen LogP) is 3.57. The summed E-state index contributed by atoms with van der Waals surface area (Å²) >= 11 is 0. The van der Waals surface area contributed by atoms with E-state index < -0.39 is 41.5 Å². The highest BCUT2D eigenvalue weighted by atomic mass is 19.2. The lowest BCUT2D eigenvalue weighted by Crippen LogP contribution is -2.24. The van der Waals surface area contributed by atoms with Gasteiger partial charge >= 0.3 is 0 Å². The largest absolute Gasteiger partial charge is 0.479 e. The molecule has 0 unspecified atom stereocenters. The van der Waals surface area contributed by atoms with E-state index in [1.807, 2.05) is 6.92 Å². The first-order chi connectivity index (χ1) is 12.4. The summed E-state index contributed by atoms with van der Waals surface area (Å²) in [6, 6.07) is 2.77. The van der Waals surface area contributed by atoms with Crippen molar-refractivity contribution in [1.82, 2.24) is 5.32 Å². The van der Waals surface area contributed by atoms with Gasteiger partial charge in [-0.05, 0) is 25.5 Å². The lowest BCUT2D eigenvalue weighted by atomic mass is 10.3. The molecule has 142 valence electrons. The fourth-order valence-corrected chi connectivity index (χ4v) is 2.01. The lowest BCUT2D eigenvalue weighted by molar-refractivity contribution is 0.0912. The molecule has 0 radical (unpaired) electrons. The van der Waals surface area contributed by atoms with Gasteiger partial charge in [-0.25, -0.2) is 8.78 Å². The van der Waals surface area contributed by atoms with Crippen LogP contribution in [0.5, 0.6) is 5.75 Å². The molecule has 0 aliphatic heterocycles. The van der Waals surface area contributed by atoms with Crippen molar-refractivity contribution in [3.8, 4) is 5.75 Å². The maximum atomic E-state index is 13.5. The molecule has 9 heteroatoms. The summed E-state index contributed by atoms with van der Waals surface area (Å²) in [5.74, 6) is -8.12. The van der Waals surface area contributed by atoms with E-state index in [9.17, 15) is 22.4 Å². The van der Waals surface area contributed by atoms with Crippen LogP contribution >= 0.6 is 0 Å². The minimum atomic E-state index is -1.65. The zero-order valence-electron chi connectivity index (χ0n) is 13.9. The number of nitrogens with one attached hydrogen (secondary N) is 1. The van der Waals surface area contributed by atoms with Gasteiger partial charge < -0.3 is 19.2 Å². The first-order valence-electron chi connectivity index (χ1n) is 7.84. The molecule has 0 aliphatic rings. The number of hydrogen-bond acceptors (Lipinski definition) is 4. The van der Waals surface area contributed by atoms with Gasteiger partial charge in [0, 0.05) is 25.8 Å². The minimum Gasteiger partial charge on any atom is -0.479 e. The zero-order valence-corrected chi connectivity index (χ0v) is 13.9. The second kappa shape index (κ2) is 9.23. The molecular weight excluding hydrogens is 358 g/mol. The standard InChI is InChI=1S/C17H17F4NO4/c1-2-24-7-3-6-22-17(23)13-5-4-10(26-13)9-25-16-14(20)11(18)8-12(19)15(16)21/h4-5,8H,2-3,6-7,9H2,1H3,(H,22,23). The van der Waals surface area contributed by atoms with E-state index in [1.165, 1.54) is 12.1 Å². The summed E-state index contributed by atoms with van der Waals surface area (Å²) in [5.41, 5.74) is 0. The van der Waals surface area contributed by atoms with Gasteiger partial charge in [0.15, 0.2) is 23.1 Å². The zero-order chi connectivity index (χ0) is 19.1. The van der Waals surface area contributed by atoms with Crippen LogP contribution in [0.3, 0.4) is 0 Å². The number of rotatable bonds is 9. The Labute approximate surface area is 146 Å². The third kappa shape index (κ3) is 4.98. The van der Waals surface area contributed by atoms with Crippen molar-refractivity contribution >= 4 is 5.91 Å². The van der Waals surface area contributed by atoms with Crippen molar-refractivity contribution in [2.75, 3.05) is 19.8 Å². The molecule has 0 spiro atoms. The van der Waals surface area contributed by atoms with Crippen LogP contribution in [-0.2, 0) is 11.3 Å². The number of amides is 1. The number of carbonyl (C=O) groups excluding carboxylic acids is 1. The first-order valence-corrected chi connectivity index (χ1v) is 7.84. The molecule has 0 atom stereocenters. The molecule has 0 fully saturated rings. The smallest absolute Gasteiger partial charge is 0.286 e. The highest BCUT2D eigenvalue weighted by Crippen LogP contribution is 2.27. The Balaban J connectivity index is 1.92. The van der Waals surface area contributed by atoms with Gasteiger partial charge in [-0.1, -0.05) is 0 Å². The molecular formula is C17H17F4NO4. The van der Waals surface area contributed by atoms with E-state index >= 15 is 0 Å². The second-order valence-electron chi connectivity index (χ2n) is 5.16. The molecule has 0 aliphatic carbocycles. The summed E-state index contributed by atoms with van der Waals surface area (Å²) in [6.07, 6.45) is 0.625. The molecule has 1 aromatic carbocycles. The highest BCUT2D eigenvalue weighted by molar-refractivity contribution is 5.91. The minimum absolute atomic E-state index is 0.0358. The van der Waals surface area contributed by atoms with Crippen molar-refractivity contribution in [1.29, 1.82) is 0 Å². The number of furan rings is 1. The number of carbonyl (C=O) groups is 1. The highest BCUT2D eigenvalue weighted by Gasteiger charge is 2.21. The Bertz CT molecular complexity index is 737. The average Bonchev–Trinajstić information content (AvgIpc) is 3.09. The summed E-state index contributed by atoms with van der Waals surface area (Å²) in [7, 11) is 0. The molecule has 2 rings (SSSR count). The normalized spacial score (nSPS) is 10.8. The number of ether oxygens (including phenoxy) is 2. The average molecular weight is 375 g/mol. The molecule has 1 amide bonds.